The maximum Gasteiger partial charge on any atom is 0.253 e. The lowest BCUT2D eigenvalue weighted by Crippen LogP contribution is -2.33. The van der Waals surface area contributed by atoms with Gasteiger partial charge in [0.05, 0.1) is 0 Å². The highest BCUT2D eigenvalue weighted by Crippen LogP contribution is 2.27. The Morgan fingerprint density at radius 3 is 2.23 bits per heavy atom. The Balaban J connectivity index is 0.00000320. The molecular weight excluding hydrogens is 398 g/mol. The first kappa shape index (κ1) is 23.9. The maximum absolute atomic E-state index is 13.1. The summed E-state index contributed by atoms with van der Waals surface area (Å²) in [7, 11) is 0. The topological polar surface area (TPSA) is 66.6 Å². The fourth-order valence-corrected chi connectivity index (χ4v) is 4.05. The second-order valence-corrected chi connectivity index (χ2v) is 7.76. The summed E-state index contributed by atoms with van der Waals surface area (Å²) in [5.41, 5.74) is 8.62. The van der Waals surface area contributed by atoms with Crippen LogP contribution in [0.4, 0.5) is 0 Å². The Morgan fingerprint density at radius 1 is 0.967 bits per heavy atom. The van der Waals surface area contributed by atoms with Crippen LogP contribution >= 0.6 is 12.4 Å². The Kier molecular flexibility index (Phi) is 8.88. The predicted octanol–water partition coefficient (Wildman–Crippen LogP) is 3.94. The van der Waals surface area contributed by atoms with Crippen LogP contribution in [0.25, 0.3) is 0 Å². The molecule has 1 aliphatic heterocycles. The standard InChI is InChI=1S/C24H31N3O2.ClH/c1-3-13-26(14-4-2)23(28)19-11-8-12-20(15-19)24(29)27-16-21(22(25)17-27)18-9-6-5-7-10-18;/h5-12,15,21-22H,3-4,13-14,16-17,25H2,1-2H3;1H/t21-,22+;/m0./s1. The molecule has 1 heterocycles. The summed E-state index contributed by atoms with van der Waals surface area (Å²) in [4.78, 5) is 29.7. The van der Waals surface area contributed by atoms with E-state index in [-0.39, 0.29) is 36.2 Å². The number of nitrogens with two attached hydrogens (primary N) is 1. The molecule has 0 spiro atoms. The number of carbonyl (C=O) groups excluding carboxylic acids is 2. The third-order valence-electron chi connectivity index (χ3n) is 5.51. The quantitative estimate of drug-likeness (QED) is 0.724. The maximum atomic E-state index is 13.1. The van der Waals surface area contributed by atoms with Crippen LogP contribution in [0.3, 0.4) is 0 Å². The van der Waals surface area contributed by atoms with Crippen molar-refractivity contribution in [2.24, 2.45) is 5.73 Å². The van der Waals surface area contributed by atoms with Crippen LogP contribution in [-0.2, 0) is 0 Å². The average Bonchev–Trinajstić information content (AvgIpc) is 3.15. The van der Waals surface area contributed by atoms with Gasteiger partial charge in [-0.1, -0.05) is 50.2 Å². The van der Waals surface area contributed by atoms with Crippen LogP contribution in [0.15, 0.2) is 54.6 Å². The number of hydrogen-bond donors (Lipinski definition) is 1. The van der Waals surface area contributed by atoms with Crippen LogP contribution in [0.5, 0.6) is 0 Å². The van der Waals surface area contributed by atoms with Gasteiger partial charge in [0.1, 0.15) is 0 Å². The molecule has 0 saturated carbocycles. The van der Waals surface area contributed by atoms with Gasteiger partial charge in [-0.05, 0) is 36.6 Å². The largest absolute Gasteiger partial charge is 0.339 e. The van der Waals surface area contributed by atoms with Crippen LogP contribution in [0.2, 0.25) is 0 Å². The highest BCUT2D eigenvalue weighted by Gasteiger charge is 2.34. The van der Waals surface area contributed by atoms with Gasteiger partial charge in [-0.25, -0.2) is 0 Å². The minimum atomic E-state index is -0.0873. The summed E-state index contributed by atoms with van der Waals surface area (Å²) in [6.07, 6.45) is 1.83. The van der Waals surface area contributed by atoms with Crippen LogP contribution in [0, 0.1) is 0 Å². The van der Waals surface area contributed by atoms with E-state index in [1.807, 2.05) is 28.0 Å². The normalized spacial score (nSPS) is 18.0. The number of benzene rings is 2. The molecule has 2 aromatic carbocycles. The zero-order valence-corrected chi connectivity index (χ0v) is 18.6. The Labute approximate surface area is 185 Å². The highest BCUT2D eigenvalue weighted by molar-refractivity contribution is 5.99. The summed E-state index contributed by atoms with van der Waals surface area (Å²) in [5.74, 6) is 0.0595. The van der Waals surface area contributed by atoms with Gasteiger partial charge < -0.3 is 15.5 Å². The van der Waals surface area contributed by atoms with E-state index < -0.39 is 0 Å². The smallest absolute Gasteiger partial charge is 0.253 e. The van der Waals surface area contributed by atoms with Gasteiger partial charge >= 0.3 is 0 Å². The first-order valence-electron chi connectivity index (χ1n) is 10.5. The van der Waals surface area contributed by atoms with Gasteiger partial charge in [0.2, 0.25) is 0 Å². The van der Waals surface area contributed by atoms with Crippen LogP contribution in [0.1, 0.15) is 58.9 Å². The molecule has 30 heavy (non-hydrogen) atoms. The van der Waals surface area contributed by atoms with E-state index in [0.29, 0.717) is 24.2 Å². The molecular formula is C24H32ClN3O2. The monoisotopic (exact) mass is 429 g/mol. The lowest BCUT2D eigenvalue weighted by atomic mass is 9.95. The summed E-state index contributed by atoms with van der Waals surface area (Å²) in [6, 6.07) is 17.1. The van der Waals surface area contributed by atoms with E-state index in [4.69, 9.17) is 5.73 Å². The van der Waals surface area contributed by atoms with Gasteiger partial charge in [-0.15, -0.1) is 12.4 Å². The van der Waals surface area contributed by atoms with Crippen molar-refractivity contribution in [3.63, 3.8) is 0 Å². The molecule has 1 saturated heterocycles. The van der Waals surface area contributed by atoms with Gasteiger partial charge in [-0.3, -0.25) is 9.59 Å². The van der Waals surface area contributed by atoms with Gasteiger partial charge in [-0.2, -0.15) is 0 Å². The number of likely N-dealkylation sites (tertiary alicyclic amines) is 1. The molecule has 2 N–H and O–H groups in total. The van der Waals surface area contributed by atoms with Crippen molar-refractivity contribution in [2.75, 3.05) is 26.2 Å². The lowest BCUT2D eigenvalue weighted by molar-refractivity contribution is 0.0755. The molecule has 0 aliphatic carbocycles. The van der Waals surface area contributed by atoms with Gasteiger partial charge in [0.15, 0.2) is 0 Å². The number of carbonyl (C=O) groups is 2. The van der Waals surface area contributed by atoms with Crippen molar-refractivity contribution >= 4 is 24.2 Å². The van der Waals surface area contributed by atoms with Crippen molar-refractivity contribution in [3.05, 3.63) is 71.3 Å². The van der Waals surface area contributed by atoms with Gasteiger partial charge in [0.25, 0.3) is 11.8 Å². The summed E-state index contributed by atoms with van der Waals surface area (Å²) < 4.78 is 0. The van der Waals surface area contributed by atoms with Crippen LogP contribution < -0.4 is 5.73 Å². The molecule has 0 aromatic heterocycles. The van der Waals surface area contributed by atoms with Crippen molar-refractivity contribution in [3.8, 4) is 0 Å². The fourth-order valence-electron chi connectivity index (χ4n) is 4.05. The fraction of sp³-hybridized carbons (Fsp3) is 0.417. The summed E-state index contributed by atoms with van der Waals surface area (Å²) in [5, 5.41) is 0. The third-order valence-corrected chi connectivity index (χ3v) is 5.51. The molecule has 1 aliphatic rings. The van der Waals surface area contributed by atoms with E-state index in [1.165, 1.54) is 0 Å². The van der Waals surface area contributed by atoms with Crippen molar-refractivity contribution in [1.29, 1.82) is 0 Å². The highest BCUT2D eigenvalue weighted by atomic mass is 35.5. The van der Waals surface area contributed by atoms with Gasteiger partial charge in [0, 0.05) is 49.3 Å². The van der Waals surface area contributed by atoms with E-state index in [2.05, 4.69) is 26.0 Å². The van der Waals surface area contributed by atoms with E-state index in [0.717, 1.165) is 31.5 Å². The second-order valence-electron chi connectivity index (χ2n) is 7.76. The molecule has 0 unspecified atom stereocenters. The molecule has 2 atom stereocenters. The first-order valence-corrected chi connectivity index (χ1v) is 10.5. The molecule has 6 heteroatoms. The predicted molar refractivity (Wildman–Crippen MR) is 123 cm³/mol. The number of halogens is 1. The molecule has 0 bridgehead atoms. The van der Waals surface area contributed by atoms with Crippen molar-refractivity contribution < 1.29 is 9.59 Å². The van der Waals surface area contributed by atoms with E-state index in [1.54, 1.807) is 24.3 Å². The van der Waals surface area contributed by atoms with Crippen molar-refractivity contribution in [2.45, 2.75) is 38.6 Å². The number of rotatable bonds is 7. The molecule has 2 aromatic rings. The third kappa shape index (κ3) is 5.41. The first-order chi connectivity index (χ1) is 14.0. The minimum Gasteiger partial charge on any atom is -0.339 e. The van der Waals surface area contributed by atoms with E-state index in [9.17, 15) is 9.59 Å². The number of hydrogen-bond acceptors (Lipinski definition) is 3. The number of nitrogens with zero attached hydrogens (tertiary/aromatic N) is 2. The molecule has 0 radical (unpaired) electrons. The molecule has 1 fully saturated rings. The molecule has 162 valence electrons. The Hall–Kier alpha value is -2.37. The summed E-state index contributed by atoms with van der Waals surface area (Å²) >= 11 is 0. The Bertz CT molecular complexity index is 837. The second kappa shape index (κ2) is 11.1. The zero-order chi connectivity index (χ0) is 20.8. The number of amides is 2. The molecule has 5 nitrogen and oxygen atoms in total. The lowest BCUT2D eigenvalue weighted by Gasteiger charge is -2.22. The summed E-state index contributed by atoms with van der Waals surface area (Å²) in [6.45, 7) is 6.70. The van der Waals surface area contributed by atoms with E-state index >= 15 is 0 Å². The zero-order valence-electron chi connectivity index (χ0n) is 17.8. The molecule has 2 amide bonds. The molecule has 3 rings (SSSR count). The van der Waals surface area contributed by atoms with Crippen molar-refractivity contribution in [1.82, 2.24) is 9.80 Å². The average molecular weight is 430 g/mol. The minimum absolute atomic E-state index is 0. The SMILES string of the molecule is CCCN(CCC)C(=O)c1cccc(C(=O)N2C[C@@H](N)[C@H](c3ccccc3)C2)c1.Cl. The van der Waals surface area contributed by atoms with Crippen LogP contribution in [-0.4, -0.2) is 53.8 Å². The Morgan fingerprint density at radius 2 is 1.60 bits per heavy atom.